The lowest BCUT2D eigenvalue weighted by atomic mass is 10.0. The summed E-state index contributed by atoms with van der Waals surface area (Å²) in [7, 11) is 0. The van der Waals surface area contributed by atoms with Crippen molar-refractivity contribution in [2.24, 2.45) is 0 Å². The Morgan fingerprint density at radius 1 is 1.38 bits per heavy atom. The topological polar surface area (TPSA) is 69.6 Å². The molecule has 1 amide bonds. The van der Waals surface area contributed by atoms with Crippen molar-refractivity contribution < 1.29 is 14.7 Å². The van der Waals surface area contributed by atoms with Gasteiger partial charge in [0, 0.05) is 19.2 Å². The number of carboxylic acid groups (broad SMARTS) is 1. The molecule has 1 aromatic rings. The minimum Gasteiger partial charge on any atom is -0.480 e. The van der Waals surface area contributed by atoms with Crippen LogP contribution in [0.1, 0.15) is 31.7 Å². The van der Waals surface area contributed by atoms with Crippen molar-refractivity contribution in [2.45, 2.75) is 38.8 Å². The Labute approximate surface area is 130 Å². The smallest absolute Gasteiger partial charge is 0.320 e. The van der Waals surface area contributed by atoms with E-state index in [9.17, 15) is 14.7 Å². The van der Waals surface area contributed by atoms with Crippen molar-refractivity contribution in [2.75, 3.05) is 11.9 Å². The van der Waals surface area contributed by atoms with E-state index in [-0.39, 0.29) is 18.3 Å². The molecule has 0 aliphatic carbocycles. The van der Waals surface area contributed by atoms with Crippen molar-refractivity contribution >= 4 is 30.0 Å². The van der Waals surface area contributed by atoms with E-state index < -0.39 is 12.0 Å². The van der Waals surface area contributed by atoms with E-state index in [1.54, 1.807) is 0 Å². The zero-order valence-electron chi connectivity index (χ0n) is 12.0. The summed E-state index contributed by atoms with van der Waals surface area (Å²) in [5.74, 6) is -0.855. The van der Waals surface area contributed by atoms with Crippen molar-refractivity contribution in [3.05, 3.63) is 29.8 Å². The lowest BCUT2D eigenvalue weighted by Gasteiger charge is -2.32. The number of hydrogen-bond donors (Lipinski definition) is 2. The van der Waals surface area contributed by atoms with E-state index in [4.69, 9.17) is 0 Å². The number of anilines is 1. The number of halogens is 1. The zero-order valence-corrected chi connectivity index (χ0v) is 12.9. The molecule has 5 nitrogen and oxygen atoms in total. The number of nitrogens with one attached hydrogen (secondary N) is 1. The number of nitrogens with zero attached hydrogens (tertiary/aromatic N) is 1. The zero-order chi connectivity index (χ0) is 14.5. The molecule has 0 spiro atoms. The third kappa shape index (κ3) is 5.02. The first kappa shape index (κ1) is 17.5. The fraction of sp³-hybridized carbons (Fsp3) is 0.467. The van der Waals surface area contributed by atoms with Crippen molar-refractivity contribution in [1.82, 2.24) is 4.90 Å². The van der Waals surface area contributed by atoms with Gasteiger partial charge in [-0.3, -0.25) is 14.5 Å². The molecule has 2 N–H and O–H groups in total. The van der Waals surface area contributed by atoms with Crippen LogP contribution < -0.4 is 5.32 Å². The molecule has 1 atom stereocenters. The highest BCUT2D eigenvalue weighted by molar-refractivity contribution is 5.88. The van der Waals surface area contributed by atoms with Crippen molar-refractivity contribution in [3.8, 4) is 0 Å². The molecule has 1 heterocycles. The lowest BCUT2D eigenvalue weighted by Crippen LogP contribution is -2.43. The predicted molar refractivity (Wildman–Crippen MR) is 83.7 cm³/mol. The van der Waals surface area contributed by atoms with Gasteiger partial charge in [0.05, 0.1) is 0 Å². The van der Waals surface area contributed by atoms with Gasteiger partial charge in [-0.15, -0.1) is 12.4 Å². The summed E-state index contributed by atoms with van der Waals surface area (Å²) >= 11 is 0. The molecule has 6 heteroatoms. The Morgan fingerprint density at radius 2 is 2.14 bits per heavy atom. The van der Waals surface area contributed by atoms with Crippen molar-refractivity contribution in [3.63, 3.8) is 0 Å². The molecule has 1 saturated heterocycles. The van der Waals surface area contributed by atoms with Crippen LogP contribution in [0.2, 0.25) is 0 Å². The molecule has 21 heavy (non-hydrogen) atoms. The number of aliphatic carboxylic acids is 1. The number of carboxylic acids is 1. The van der Waals surface area contributed by atoms with Gasteiger partial charge in [-0.1, -0.05) is 18.6 Å². The number of likely N-dealkylation sites (tertiary alicyclic amines) is 1. The van der Waals surface area contributed by atoms with Crippen LogP contribution in [0.4, 0.5) is 5.69 Å². The molecule has 0 bridgehead atoms. The molecular weight excluding hydrogens is 292 g/mol. The van der Waals surface area contributed by atoms with Gasteiger partial charge in [0.25, 0.3) is 0 Å². The molecule has 1 unspecified atom stereocenters. The van der Waals surface area contributed by atoms with Crippen LogP contribution >= 0.6 is 12.4 Å². The molecule has 0 saturated carbocycles. The van der Waals surface area contributed by atoms with E-state index in [2.05, 4.69) is 5.32 Å². The number of carbonyl (C=O) groups is 2. The average molecular weight is 313 g/mol. The highest BCUT2D eigenvalue weighted by atomic mass is 35.5. The number of hydrogen-bond acceptors (Lipinski definition) is 3. The monoisotopic (exact) mass is 312 g/mol. The number of piperidine rings is 1. The molecule has 2 rings (SSSR count). The van der Waals surface area contributed by atoms with Gasteiger partial charge in [0.1, 0.15) is 6.04 Å². The molecule has 1 aliphatic rings. The van der Waals surface area contributed by atoms with Gasteiger partial charge in [-0.2, -0.15) is 0 Å². The standard InChI is InChI=1S/C15H20N2O3.ClH/c1-11(18)16-13-6-4-5-12(9-13)10-17-8-3-2-7-14(17)15(19)20;/h4-6,9,14H,2-3,7-8,10H2,1H3,(H,16,18)(H,19,20);1H. The first-order chi connectivity index (χ1) is 9.56. The molecule has 0 aromatic heterocycles. The molecule has 1 aromatic carbocycles. The number of rotatable bonds is 4. The average Bonchev–Trinajstić information content (AvgIpc) is 2.38. The second-order valence-electron chi connectivity index (χ2n) is 5.20. The van der Waals surface area contributed by atoms with Crippen LogP contribution in [-0.2, 0) is 16.1 Å². The Morgan fingerprint density at radius 3 is 2.81 bits per heavy atom. The van der Waals surface area contributed by atoms with Gasteiger partial charge in [0.15, 0.2) is 0 Å². The summed E-state index contributed by atoms with van der Waals surface area (Å²) in [6.45, 7) is 2.88. The van der Waals surface area contributed by atoms with E-state index in [0.717, 1.165) is 30.6 Å². The SMILES string of the molecule is CC(=O)Nc1cccc(CN2CCCCC2C(=O)O)c1.Cl. The predicted octanol–water partition coefficient (Wildman–Crippen LogP) is 2.51. The Balaban J connectivity index is 0.00000220. The molecular formula is C15H21ClN2O3. The summed E-state index contributed by atoms with van der Waals surface area (Å²) < 4.78 is 0. The van der Waals surface area contributed by atoms with E-state index in [1.807, 2.05) is 29.2 Å². The second-order valence-corrected chi connectivity index (χ2v) is 5.20. The van der Waals surface area contributed by atoms with Crippen LogP contribution in [0.5, 0.6) is 0 Å². The maximum absolute atomic E-state index is 11.3. The largest absolute Gasteiger partial charge is 0.480 e. The fourth-order valence-electron chi connectivity index (χ4n) is 2.65. The van der Waals surface area contributed by atoms with Crippen LogP contribution in [0.3, 0.4) is 0 Å². The first-order valence-corrected chi connectivity index (χ1v) is 6.89. The lowest BCUT2D eigenvalue weighted by molar-refractivity contribution is -0.144. The number of carbonyl (C=O) groups excluding carboxylic acids is 1. The van der Waals surface area contributed by atoms with E-state index in [0.29, 0.717) is 13.0 Å². The van der Waals surface area contributed by atoms with Gasteiger partial charge in [-0.05, 0) is 37.1 Å². The summed E-state index contributed by atoms with van der Waals surface area (Å²) in [5.41, 5.74) is 1.77. The van der Waals surface area contributed by atoms with Crippen molar-refractivity contribution in [1.29, 1.82) is 0 Å². The Bertz CT molecular complexity index is 507. The molecule has 1 fully saturated rings. The van der Waals surface area contributed by atoms with E-state index >= 15 is 0 Å². The minimum absolute atomic E-state index is 0. The highest BCUT2D eigenvalue weighted by Crippen LogP contribution is 2.21. The number of benzene rings is 1. The van der Waals surface area contributed by atoms with Gasteiger partial charge >= 0.3 is 5.97 Å². The second kappa shape index (κ2) is 8.00. The summed E-state index contributed by atoms with van der Waals surface area (Å²) in [6.07, 6.45) is 2.72. The normalized spacial score (nSPS) is 18.6. The van der Waals surface area contributed by atoms with Gasteiger partial charge in [-0.25, -0.2) is 0 Å². The minimum atomic E-state index is -0.747. The number of amides is 1. The maximum atomic E-state index is 11.3. The maximum Gasteiger partial charge on any atom is 0.320 e. The van der Waals surface area contributed by atoms with Gasteiger partial charge in [0.2, 0.25) is 5.91 Å². The first-order valence-electron chi connectivity index (χ1n) is 6.89. The van der Waals surface area contributed by atoms with E-state index in [1.165, 1.54) is 6.92 Å². The highest BCUT2D eigenvalue weighted by Gasteiger charge is 2.28. The Kier molecular flexibility index (Phi) is 6.65. The van der Waals surface area contributed by atoms with Crippen LogP contribution in [-0.4, -0.2) is 34.5 Å². The van der Waals surface area contributed by atoms with Crippen LogP contribution in [0, 0.1) is 0 Å². The Hall–Kier alpha value is -1.59. The fourth-order valence-corrected chi connectivity index (χ4v) is 2.65. The third-order valence-corrected chi connectivity index (χ3v) is 3.53. The third-order valence-electron chi connectivity index (χ3n) is 3.53. The molecule has 0 radical (unpaired) electrons. The summed E-state index contributed by atoms with van der Waals surface area (Å²) in [4.78, 5) is 24.3. The quantitative estimate of drug-likeness (QED) is 0.896. The van der Waals surface area contributed by atoms with Crippen LogP contribution in [0.25, 0.3) is 0 Å². The van der Waals surface area contributed by atoms with Gasteiger partial charge < -0.3 is 10.4 Å². The summed E-state index contributed by atoms with van der Waals surface area (Å²) in [5, 5.41) is 12.0. The summed E-state index contributed by atoms with van der Waals surface area (Å²) in [6, 6.07) is 7.16. The molecule has 116 valence electrons. The van der Waals surface area contributed by atoms with Crippen LogP contribution in [0.15, 0.2) is 24.3 Å². The molecule has 1 aliphatic heterocycles.